The molecule has 0 atom stereocenters. The molecule has 124 valence electrons. The summed E-state index contributed by atoms with van der Waals surface area (Å²) in [5.41, 5.74) is 0.614. The highest BCUT2D eigenvalue weighted by atomic mass is 79.9. The van der Waals surface area contributed by atoms with Gasteiger partial charge in [-0.3, -0.25) is 4.79 Å². The number of alkyl halides is 3. The maximum atomic E-state index is 12.3. The number of H-pyrrole nitrogens is 1. The van der Waals surface area contributed by atoms with Crippen molar-refractivity contribution in [2.24, 2.45) is 0 Å². The Morgan fingerprint density at radius 1 is 1.21 bits per heavy atom. The number of aromatic nitrogens is 3. The van der Waals surface area contributed by atoms with Crippen LogP contribution in [0, 0.1) is 0 Å². The Hall–Kier alpha value is -2.42. The van der Waals surface area contributed by atoms with E-state index in [9.17, 15) is 18.0 Å². The zero-order valence-corrected chi connectivity index (χ0v) is 13.5. The maximum Gasteiger partial charge on any atom is 0.422 e. The number of aromatic amines is 1. The summed E-state index contributed by atoms with van der Waals surface area (Å²) in [6.45, 7) is -1.50. The molecule has 0 amide bonds. The molecule has 0 bridgehead atoms. The topological polar surface area (TPSA) is 67.9 Å². The fourth-order valence-electron chi connectivity index (χ4n) is 2.10. The highest BCUT2D eigenvalue weighted by molar-refractivity contribution is 9.10. The summed E-state index contributed by atoms with van der Waals surface area (Å²) in [5.74, 6) is 0. The first kappa shape index (κ1) is 16.4. The van der Waals surface area contributed by atoms with E-state index >= 15 is 0 Å². The summed E-state index contributed by atoms with van der Waals surface area (Å²) in [6.07, 6.45) is -1.80. The molecular formula is C15H9BrF3N3O2. The molecule has 5 nitrogen and oxygen atoms in total. The third kappa shape index (κ3) is 3.56. The van der Waals surface area contributed by atoms with Crippen LogP contribution in [0.25, 0.3) is 22.0 Å². The van der Waals surface area contributed by atoms with Crippen LogP contribution in [0.5, 0.6) is 6.01 Å². The first-order valence-electron chi connectivity index (χ1n) is 6.67. The molecule has 0 saturated heterocycles. The van der Waals surface area contributed by atoms with Crippen molar-refractivity contribution in [2.75, 3.05) is 6.61 Å². The Balaban J connectivity index is 2.11. The second-order valence-electron chi connectivity index (χ2n) is 4.86. The second-order valence-corrected chi connectivity index (χ2v) is 5.78. The number of nitrogens with one attached hydrogen (secondary N) is 1. The van der Waals surface area contributed by atoms with Gasteiger partial charge in [-0.2, -0.15) is 18.2 Å². The fraction of sp³-hybridized carbons (Fsp3) is 0.133. The molecule has 9 heteroatoms. The number of ether oxygens (including phenoxy) is 1. The minimum atomic E-state index is -4.50. The van der Waals surface area contributed by atoms with Crippen LogP contribution in [0.15, 0.2) is 45.9 Å². The van der Waals surface area contributed by atoms with Gasteiger partial charge in [-0.1, -0.05) is 28.1 Å². The monoisotopic (exact) mass is 399 g/mol. The van der Waals surface area contributed by atoms with Crippen molar-refractivity contribution in [3.63, 3.8) is 0 Å². The molecule has 0 spiro atoms. The molecule has 24 heavy (non-hydrogen) atoms. The maximum absolute atomic E-state index is 12.3. The lowest BCUT2D eigenvalue weighted by atomic mass is 10.1. The Labute approximate surface area is 141 Å². The van der Waals surface area contributed by atoms with Gasteiger partial charge in [-0.25, -0.2) is 4.98 Å². The normalized spacial score (nSPS) is 11.7. The van der Waals surface area contributed by atoms with Crippen LogP contribution in [-0.4, -0.2) is 27.7 Å². The van der Waals surface area contributed by atoms with Crippen LogP contribution in [-0.2, 0) is 0 Å². The summed E-state index contributed by atoms with van der Waals surface area (Å²) in [7, 11) is 0. The number of hydrogen-bond donors (Lipinski definition) is 1. The van der Waals surface area contributed by atoms with Gasteiger partial charge in [0.25, 0.3) is 5.56 Å². The zero-order chi connectivity index (χ0) is 17.3. The van der Waals surface area contributed by atoms with Crippen LogP contribution in [0.1, 0.15) is 0 Å². The van der Waals surface area contributed by atoms with Gasteiger partial charge < -0.3 is 9.72 Å². The smallest absolute Gasteiger partial charge is 0.422 e. The molecule has 2 aromatic heterocycles. The highest BCUT2D eigenvalue weighted by Gasteiger charge is 2.29. The molecule has 0 aliphatic heterocycles. The summed E-state index contributed by atoms with van der Waals surface area (Å²) in [4.78, 5) is 22.5. The number of halogens is 4. The molecule has 0 aliphatic rings. The van der Waals surface area contributed by atoms with Crippen LogP contribution in [0.2, 0.25) is 0 Å². The third-order valence-electron chi connectivity index (χ3n) is 3.12. The number of nitrogens with zero attached hydrogens (tertiary/aromatic N) is 2. The molecule has 0 fully saturated rings. The molecular weight excluding hydrogens is 391 g/mol. The minimum Gasteiger partial charge on any atom is -0.454 e. The average molecular weight is 400 g/mol. The molecule has 0 unspecified atom stereocenters. The summed E-state index contributed by atoms with van der Waals surface area (Å²) >= 11 is 3.30. The Bertz CT molecular complexity index is 939. The SMILES string of the molecule is O=c1[nH]cc2cnc(OCC(F)(F)F)nc2c1-c1ccc(Br)cc1. The predicted molar refractivity (Wildman–Crippen MR) is 84.8 cm³/mol. The molecule has 0 saturated carbocycles. The van der Waals surface area contributed by atoms with Crippen LogP contribution in [0.3, 0.4) is 0 Å². The summed E-state index contributed by atoms with van der Waals surface area (Å²) in [6, 6.07) is 6.45. The Morgan fingerprint density at radius 2 is 1.92 bits per heavy atom. The van der Waals surface area contributed by atoms with E-state index in [4.69, 9.17) is 0 Å². The van der Waals surface area contributed by atoms with Gasteiger partial charge in [-0.15, -0.1) is 0 Å². The van der Waals surface area contributed by atoms with E-state index in [0.717, 1.165) is 4.47 Å². The average Bonchev–Trinajstić information content (AvgIpc) is 2.53. The largest absolute Gasteiger partial charge is 0.454 e. The Morgan fingerprint density at radius 3 is 2.58 bits per heavy atom. The number of rotatable bonds is 3. The second kappa shape index (κ2) is 6.23. The van der Waals surface area contributed by atoms with Gasteiger partial charge in [-0.05, 0) is 17.7 Å². The lowest BCUT2D eigenvalue weighted by Gasteiger charge is -2.09. The van der Waals surface area contributed by atoms with E-state index in [1.165, 1.54) is 12.4 Å². The van der Waals surface area contributed by atoms with Gasteiger partial charge in [0.1, 0.15) is 0 Å². The highest BCUT2D eigenvalue weighted by Crippen LogP contribution is 2.26. The lowest BCUT2D eigenvalue weighted by molar-refractivity contribution is -0.154. The van der Waals surface area contributed by atoms with E-state index < -0.39 is 24.4 Å². The van der Waals surface area contributed by atoms with Crippen LogP contribution < -0.4 is 10.3 Å². The van der Waals surface area contributed by atoms with E-state index in [1.807, 2.05) is 0 Å². The molecule has 2 heterocycles. The molecule has 0 aliphatic carbocycles. The first-order valence-corrected chi connectivity index (χ1v) is 7.47. The van der Waals surface area contributed by atoms with Crippen molar-refractivity contribution >= 4 is 26.8 Å². The molecule has 1 aromatic carbocycles. The molecule has 3 aromatic rings. The quantitative estimate of drug-likeness (QED) is 0.729. The Kier molecular flexibility index (Phi) is 4.27. The van der Waals surface area contributed by atoms with Gasteiger partial charge in [0.2, 0.25) is 0 Å². The van der Waals surface area contributed by atoms with Crippen LogP contribution >= 0.6 is 15.9 Å². The van der Waals surface area contributed by atoms with Crippen molar-refractivity contribution in [1.82, 2.24) is 15.0 Å². The van der Waals surface area contributed by atoms with Gasteiger partial charge in [0.15, 0.2) is 6.61 Å². The van der Waals surface area contributed by atoms with Crippen LogP contribution in [0.4, 0.5) is 13.2 Å². The van der Waals surface area contributed by atoms with Gasteiger partial charge >= 0.3 is 12.2 Å². The lowest BCUT2D eigenvalue weighted by Crippen LogP contribution is -2.20. The standard InChI is InChI=1S/C15H9BrF3N3O2/c16-10-3-1-8(2-4-10)11-12-9(5-20-13(11)23)6-21-14(22-12)24-7-15(17,18)19/h1-6H,7H2,(H,20,23). The number of hydrogen-bond acceptors (Lipinski definition) is 4. The number of fused-ring (bicyclic) bond motifs is 1. The van der Waals surface area contributed by atoms with Crippen molar-refractivity contribution < 1.29 is 17.9 Å². The van der Waals surface area contributed by atoms with Gasteiger partial charge in [0, 0.05) is 22.3 Å². The third-order valence-corrected chi connectivity index (χ3v) is 3.64. The summed E-state index contributed by atoms with van der Waals surface area (Å²) in [5, 5.41) is 0.479. The van der Waals surface area contributed by atoms with Crippen molar-refractivity contribution in [1.29, 1.82) is 0 Å². The van der Waals surface area contributed by atoms with E-state index in [-0.39, 0.29) is 11.1 Å². The summed E-state index contributed by atoms with van der Waals surface area (Å²) < 4.78 is 42.2. The number of benzene rings is 1. The number of pyridine rings is 1. The van der Waals surface area contributed by atoms with Crippen molar-refractivity contribution in [3.05, 3.63) is 51.5 Å². The molecule has 0 radical (unpaired) electrons. The van der Waals surface area contributed by atoms with Crippen molar-refractivity contribution in [3.8, 4) is 17.1 Å². The predicted octanol–water partition coefficient (Wildman–Crippen LogP) is 3.69. The first-order chi connectivity index (χ1) is 11.3. The zero-order valence-electron chi connectivity index (χ0n) is 11.9. The van der Waals surface area contributed by atoms with Gasteiger partial charge in [0.05, 0.1) is 11.1 Å². The minimum absolute atomic E-state index is 0.216. The molecule has 1 N–H and O–H groups in total. The van der Waals surface area contributed by atoms with E-state index in [1.54, 1.807) is 24.3 Å². The van der Waals surface area contributed by atoms with E-state index in [2.05, 4.69) is 35.6 Å². The molecule has 3 rings (SSSR count). The van der Waals surface area contributed by atoms with Crippen molar-refractivity contribution in [2.45, 2.75) is 6.18 Å². The van der Waals surface area contributed by atoms with E-state index in [0.29, 0.717) is 10.9 Å². The fourth-order valence-corrected chi connectivity index (χ4v) is 2.37.